The number of hydrogen-bond acceptors (Lipinski definition) is 10. The number of aliphatic imine (C=N–C) groups is 2. The summed E-state index contributed by atoms with van der Waals surface area (Å²) in [6, 6.07) is 4.11. The van der Waals surface area contributed by atoms with Crippen molar-refractivity contribution >= 4 is 22.5 Å². The number of rotatable bonds is 4. The number of likely N-dealkylation sites (tertiary alicyclic amines) is 1. The second-order valence-corrected chi connectivity index (χ2v) is 11.5. The minimum Gasteiger partial charge on any atom is -0.381 e. The summed E-state index contributed by atoms with van der Waals surface area (Å²) in [5, 5.41) is 7.75. The van der Waals surface area contributed by atoms with Gasteiger partial charge in [-0.05, 0) is 51.2 Å². The molecule has 0 spiro atoms. The van der Waals surface area contributed by atoms with Crippen molar-refractivity contribution < 1.29 is 13.5 Å². The van der Waals surface area contributed by atoms with Crippen LogP contribution in [0.4, 0.5) is 0 Å². The van der Waals surface area contributed by atoms with E-state index in [-0.39, 0.29) is 11.2 Å². The highest BCUT2D eigenvalue weighted by atomic mass is 32.2. The van der Waals surface area contributed by atoms with Crippen molar-refractivity contribution in [3.63, 3.8) is 0 Å². The predicted molar refractivity (Wildman–Crippen MR) is 133 cm³/mol. The first-order valence-corrected chi connectivity index (χ1v) is 13.9. The first-order chi connectivity index (χ1) is 17.1. The van der Waals surface area contributed by atoms with E-state index in [4.69, 9.17) is 19.2 Å². The van der Waals surface area contributed by atoms with Crippen LogP contribution in [0.3, 0.4) is 0 Å². The molecule has 2 aromatic heterocycles. The molecule has 11 heteroatoms. The van der Waals surface area contributed by atoms with Crippen LogP contribution in [-0.4, -0.2) is 84.9 Å². The third-order valence-electron chi connectivity index (χ3n) is 7.42. The Bertz CT molecular complexity index is 1140. The number of nitrogens with one attached hydrogen (secondary N) is 1. The van der Waals surface area contributed by atoms with Crippen LogP contribution in [0.1, 0.15) is 50.8 Å². The average Bonchev–Trinajstić information content (AvgIpc) is 3.53. The molecule has 10 nitrogen and oxygen atoms in total. The van der Waals surface area contributed by atoms with Crippen LogP contribution in [0.25, 0.3) is 11.4 Å². The van der Waals surface area contributed by atoms with Crippen molar-refractivity contribution in [1.82, 2.24) is 25.3 Å². The Hall–Kier alpha value is -2.50. The average molecular weight is 498 g/mol. The second kappa shape index (κ2) is 9.51. The Labute approximate surface area is 207 Å². The van der Waals surface area contributed by atoms with Gasteiger partial charge in [-0.3, -0.25) is 14.5 Å². The summed E-state index contributed by atoms with van der Waals surface area (Å²) in [6.07, 6.45) is 7.91. The zero-order chi connectivity index (χ0) is 23.8. The monoisotopic (exact) mass is 497 g/mol. The van der Waals surface area contributed by atoms with E-state index >= 15 is 0 Å². The predicted octanol–water partition coefficient (Wildman–Crippen LogP) is 2.13. The SMILES string of the molecule is CC1(NC2CCOCC2)N=C(N2CCC(c3nc(-c4cccnc4)no3)CC2)N=C2CCS(=O)C21. The van der Waals surface area contributed by atoms with Crippen LogP contribution >= 0.6 is 0 Å². The van der Waals surface area contributed by atoms with Crippen molar-refractivity contribution in [2.24, 2.45) is 9.98 Å². The number of piperidine rings is 1. The zero-order valence-electron chi connectivity index (χ0n) is 19.9. The molecular weight excluding hydrogens is 466 g/mol. The molecule has 6 rings (SSSR count). The number of hydrogen-bond donors (Lipinski definition) is 1. The molecule has 0 amide bonds. The maximum atomic E-state index is 12.9. The van der Waals surface area contributed by atoms with Gasteiger partial charge in [0.15, 0.2) is 0 Å². The summed E-state index contributed by atoms with van der Waals surface area (Å²) < 4.78 is 24.0. The largest absolute Gasteiger partial charge is 0.381 e. The molecule has 1 N–H and O–H groups in total. The van der Waals surface area contributed by atoms with Gasteiger partial charge in [0, 0.05) is 78.5 Å². The molecule has 0 saturated carbocycles. The van der Waals surface area contributed by atoms with Gasteiger partial charge in [-0.1, -0.05) is 5.16 Å². The number of fused-ring (bicyclic) bond motifs is 1. The molecule has 4 aliphatic rings. The highest BCUT2D eigenvalue weighted by Gasteiger charge is 2.49. The van der Waals surface area contributed by atoms with Crippen LogP contribution in [0.5, 0.6) is 0 Å². The van der Waals surface area contributed by atoms with Crippen molar-refractivity contribution in [2.45, 2.75) is 61.9 Å². The number of nitrogens with zero attached hydrogens (tertiary/aromatic N) is 6. The van der Waals surface area contributed by atoms with E-state index in [0.717, 1.165) is 75.6 Å². The third-order valence-corrected chi connectivity index (χ3v) is 9.28. The summed E-state index contributed by atoms with van der Waals surface area (Å²) in [4.78, 5) is 21.1. The van der Waals surface area contributed by atoms with Crippen molar-refractivity contribution in [3.8, 4) is 11.4 Å². The van der Waals surface area contributed by atoms with Crippen LogP contribution in [0.15, 0.2) is 39.0 Å². The Kier molecular flexibility index (Phi) is 6.23. The van der Waals surface area contributed by atoms with Gasteiger partial charge in [0.05, 0.1) is 0 Å². The van der Waals surface area contributed by atoms with Crippen LogP contribution < -0.4 is 5.32 Å². The summed E-state index contributed by atoms with van der Waals surface area (Å²) in [5.41, 5.74) is 1.26. The smallest absolute Gasteiger partial charge is 0.230 e. The van der Waals surface area contributed by atoms with Crippen molar-refractivity contribution in [1.29, 1.82) is 0 Å². The summed E-state index contributed by atoms with van der Waals surface area (Å²) in [7, 11) is -0.959. The van der Waals surface area contributed by atoms with Gasteiger partial charge >= 0.3 is 0 Å². The van der Waals surface area contributed by atoms with Gasteiger partial charge in [-0.2, -0.15) is 4.98 Å². The van der Waals surface area contributed by atoms with Crippen LogP contribution in [0.2, 0.25) is 0 Å². The quantitative estimate of drug-likeness (QED) is 0.683. The molecule has 0 aliphatic carbocycles. The molecule has 0 aromatic carbocycles. The maximum Gasteiger partial charge on any atom is 0.230 e. The van der Waals surface area contributed by atoms with E-state index in [0.29, 0.717) is 23.5 Å². The lowest BCUT2D eigenvalue weighted by Gasteiger charge is -2.41. The Morgan fingerprint density at radius 2 is 2.03 bits per heavy atom. The molecule has 4 aliphatic heterocycles. The Balaban J connectivity index is 1.17. The van der Waals surface area contributed by atoms with Gasteiger partial charge in [0.1, 0.15) is 10.9 Å². The molecule has 186 valence electrons. The number of pyridine rings is 1. The van der Waals surface area contributed by atoms with Crippen LogP contribution in [0, 0.1) is 0 Å². The highest BCUT2D eigenvalue weighted by molar-refractivity contribution is 7.87. The minimum absolute atomic E-state index is 0.157. The van der Waals surface area contributed by atoms with Crippen LogP contribution in [-0.2, 0) is 15.5 Å². The van der Waals surface area contributed by atoms with Gasteiger partial charge in [-0.25, -0.2) is 9.98 Å². The van der Waals surface area contributed by atoms with E-state index in [9.17, 15) is 4.21 Å². The summed E-state index contributed by atoms with van der Waals surface area (Å²) >= 11 is 0. The number of ether oxygens (including phenoxy) is 1. The minimum atomic E-state index is -0.959. The van der Waals surface area contributed by atoms with E-state index in [2.05, 4.69) is 32.3 Å². The van der Waals surface area contributed by atoms with Crippen molar-refractivity contribution in [2.75, 3.05) is 32.1 Å². The van der Waals surface area contributed by atoms with E-state index in [1.807, 2.05) is 12.1 Å². The molecule has 6 heterocycles. The summed E-state index contributed by atoms with van der Waals surface area (Å²) in [6.45, 7) is 5.23. The van der Waals surface area contributed by atoms with E-state index in [1.54, 1.807) is 12.4 Å². The fraction of sp³-hybridized carbons (Fsp3) is 0.625. The molecule has 0 radical (unpaired) electrons. The Morgan fingerprint density at radius 1 is 1.20 bits per heavy atom. The van der Waals surface area contributed by atoms with Crippen molar-refractivity contribution in [3.05, 3.63) is 30.4 Å². The number of guanidine groups is 1. The molecule has 3 unspecified atom stereocenters. The molecule has 3 fully saturated rings. The first kappa shape index (κ1) is 22.9. The lowest BCUT2D eigenvalue weighted by molar-refractivity contribution is 0.0700. The second-order valence-electron chi connectivity index (χ2n) is 9.87. The number of aromatic nitrogens is 3. The molecule has 35 heavy (non-hydrogen) atoms. The van der Waals surface area contributed by atoms with Gasteiger partial charge in [-0.15, -0.1) is 0 Å². The lowest BCUT2D eigenvalue weighted by atomic mass is 9.96. The normalized spacial score (nSPS) is 30.1. The topological polar surface area (TPSA) is 118 Å². The Morgan fingerprint density at radius 3 is 2.80 bits per heavy atom. The highest BCUT2D eigenvalue weighted by Crippen LogP contribution is 2.34. The zero-order valence-corrected chi connectivity index (χ0v) is 20.7. The molecule has 2 aromatic rings. The lowest BCUT2D eigenvalue weighted by Crippen LogP contribution is -2.60. The molecule has 3 saturated heterocycles. The molecule has 0 bridgehead atoms. The molecular formula is C24H31N7O3S. The third kappa shape index (κ3) is 4.56. The van der Waals surface area contributed by atoms with Gasteiger partial charge in [0.2, 0.25) is 17.7 Å². The maximum absolute atomic E-state index is 12.9. The fourth-order valence-corrected chi connectivity index (χ4v) is 7.32. The van der Waals surface area contributed by atoms with E-state index < -0.39 is 16.5 Å². The van der Waals surface area contributed by atoms with E-state index in [1.165, 1.54) is 0 Å². The molecule has 3 atom stereocenters. The first-order valence-electron chi connectivity index (χ1n) is 12.5. The van der Waals surface area contributed by atoms with Gasteiger partial charge < -0.3 is 14.2 Å². The summed E-state index contributed by atoms with van der Waals surface area (Å²) in [5.74, 6) is 2.89. The standard InChI is InChI=1S/C24H31N7O3S/c1-24(28-18-6-12-33-13-7-18)20-19(8-14-35(20)32)26-23(29-24)31-10-4-16(5-11-31)22-27-21(30-34-22)17-3-2-9-25-15-17/h2-3,9,15-16,18,20,28H,4-8,10-14H2,1H3. The fourth-order valence-electron chi connectivity index (χ4n) is 5.56. The van der Waals surface area contributed by atoms with Gasteiger partial charge in [0.25, 0.3) is 0 Å².